The van der Waals surface area contributed by atoms with E-state index in [1.807, 2.05) is 0 Å². The number of nitrogens with zero attached hydrogens (tertiary/aromatic N) is 1. The fourth-order valence-electron chi connectivity index (χ4n) is 6.08. The van der Waals surface area contributed by atoms with Crippen molar-refractivity contribution in [2.45, 2.75) is 42.7 Å². The summed E-state index contributed by atoms with van der Waals surface area (Å²) >= 11 is 3.22. The summed E-state index contributed by atoms with van der Waals surface area (Å²) in [5.74, 6) is -11.6. The van der Waals surface area contributed by atoms with Crippen molar-refractivity contribution in [3.8, 4) is 5.75 Å². The van der Waals surface area contributed by atoms with Crippen molar-refractivity contribution in [3.05, 3.63) is 23.3 Å². The SMILES string of the molecule is CCC(Br)C(=O)Nc1ccc2c(c1O)C(=O)C1C(=O)[C@]3(O)C(=O)C(C(N)=O)C(=O)[C@@H](N(C)C)C3CC1C2. The molecule has 5 N–H and O–H groups in total. The van der Waals surface area contributed by atoms with Crippen molar-refractivity contribution in [2.75, 3.05) is 19.4 Å². The third-order valence-corrected chi connectivity index (χ3v) is 8.90. The number of nitrogens with one attached hydrogen (secondary N) is 1. The first-order valence-corrected chi connectivity index (χ1v) is 12.8. The van der Waals surface area contributed by atoms with Crippen LogP contribution >= 0.6 is 15.9 Å². The number of rotatable bonds is 5. The summed E-state index contributed by atoms with van der Waals surface area (Å²) in [4.78, 5) is 78.9. The molecule has 37 heavy (non-hydrogen) atoms. The van der Waals surface area contributed by atoms with E-state index in [0.717, 1.165) is 0 Å². The molecule has 0 spiro atoms. The maximum absolute atomic E-state index is 13.8. The van der Waals surface area contributed by atoms with E-state index in [0.29, 0.717) is 12.0 Å². The Bertz CT molecular complexity index is 1250. The number of hydrogen-bond donors (Lipinski definition) is 4. The van der Waals surface area contributed by atoms with E-state index < -0.39 is 80.8 Å². The molecule has 198 valence electrons. The zero-order valence-electron chi connectivity index (χ0n) is 20.5. The number of fused-ring (bicyclic) bond motifs is 3. The van der Waals surface area contributed by atoms with E-state index in [-0.39, 0.29) is 24.1 Å². The molecule has 0 saturated heterocycles. The number of hydrogen-bond acceptors (Lipinski definition) is 9. The average molecular weight is 578 g/mol. The lowest BCUT2D eigenvalue weighted by Gasteiger charge is -2.52. The van der Waals surface area contributed by atoms with Gasteiger partial charge < -0.3 is 21.3 Å². The highest BCUT2D eigenvalue weighted by atomic mass is 79.9. The number of phenolic OH excluding ortho intramolecular Hbond substituents is 1. The third kappa shape index (κ3) is 3.93. The topological polar surface area (TPSA) is 184 Å². The molecule has 11 nitrogen and oxygen atoms in total. The Labute approximate surface area is 220 Å². The average Bonchev–Trinajstić information content (AvgIpc) is 2.82. The van der Waals surface area contributed by atoms with E-state index in [2.05, 4.69) is 21.2 Å². The summed E-state index contributed by atoms with van der Waals surface area (Å²) in [6.07, 6.45) is 0.611. The standard InChI is InChI=1S/C25H28BrN3O8/c1-4-12(26)24(36)28-13-6-5-9-7-10-8-11-17(29(2)3)20(32)16(23(27)35)22(34)25(11,37)21(33)15(10)19(31)14(9)18(13)30/h5-6,10-12,15-17,30,37H,4,7-8H2,1-3H3,(H2,27,35)(H,28,36)/t10?,11?,12?,15?,16?,17-,25-/m0/s1. The molecule has 0 heterocycles. The lowest BCUT2D eigenvalue weighted by molar-refractivity contribution is -0.181. The summed E-state index contributed by atoms with van der Waals surface area (Å²) in [5, 5.41) is 25.0. The minimum Gasteiger partial charge on any atom is -0.505 e. The zero-order valence-corrected chi connectivity index (χ0v) is 22.1. The molecule has 0 aliphatic heterocycles. The van der Waals surface area contributed by atoms with Crippen LogP contribution in [0, 0.1) is 23.7 Å². The monoisotopic (exact) mass is 577 g/mol. The first kappa shape index (κ1) is 27.1. The second-order valence-electron chi connectivity index (χ2n) is 10.2. The van der Waals surface area contributed by atoms with Crippen LogP contribution in [-0.2, 0) is 30.4 Å². The van der Waals surface area contributed by atoms with Crippen LogP contribution in [0.25, 0.3) is 0 Å². The van der Waals surface area contributed by atoms with E-state index in [9.17, 15) is 39.0 Å². The number of carbonyl (C=O) groups is 6. The predicted molar refractivity (Wildman–Crippen MR) is 133 cm³/mol. The van der Waals surface area contributed by atoms with Gasteiger partial charge in [0.05, 0.1) is 28.0 Å². The molecule has 2 fully saturated rings. The van der Waals surface area contributed by atoms with Crippen molar-refractivity contribution in [1.82, 2.24) is 4.90 Å². The normalized spacial score (nSPS) is 31.9. The predicted octanol–water partition coefficient (Wildman–Crippen LogP) is -0.0210. The Morgan fingerprint density at radius 3 is 2.43 bits per heavy atom. The summed E-state index contributed by atoms with van der Waals surface area (Å²) in [5.41, 5.74) is 2.78. The lowest BCUT2D eigenvalue weighted by atomic mass is 9.52. The smallest absolute Gasteiger partial charge is 0.238 e. The minimum absolute atomic E-state index is 0.0194. The Morgan fingerprint density at radius 1 is 1.22 bits per heavy atom. The van der Waals surface area contributed by atoms with Gasteiger partial charge in [-0.2, -0.15) is 0 Å². The number of phenols is 1. The molecule has 0 radical (unpaired) electrons. The number of aliphatic hydroxyl groups is 1. The van der Waals surface area contributed by atoms with E-state index in [4.69, 9.17) is 5.73 Å². The van der Waals surface area contributed by atoms with Gasteiger partial charge in [0.2, 0.25) is 11.8 Å². The summed E-state index contributed by atoms with van der Waals surface area (Å²) < 4.78 is 0. The number of likely N-dealkylation sites (N-methyl/N-ethyl adjacent to an activating group) is 1. The van der Waals surface area contributed by atoms with Crippen molar-refractivity contribution in [2.24, 2.45) is 29.4 Å². The second kappa shape index (κ2) is 9.41. The molecule has 5 unspecified atom stereocenters. The quantitative estimate of drug-likeness (QED) is 0.212. The number of primary amides is 1. The number of carbonyl (C=O) groups excluding carboxylic acids is 6. The third-order valence-electron chi connectivity index (χ3n) is 7.83. The molecule has 1 aromatic carbocycles. The van der Waals surface area contributed by atoms with Crippen LogP contribution in [0.4, 0.5) is 5.69 Å². The molecule has 2 saturated carbocycles. The van der Waals surface area contributed by atoms with Crippen LogP contribution < -0.4 is 11.1 Å². The van der Waals surface area contributed by atoms with Gasteiger partial charge in [-0.05, 0) is 50.9 Å². The molecular weight excluding hydrogens is 550 g/mol. The van der Waals surface area contributed by atoms with Gasteiger partial charge in [0.1, 0.15) is 5.75 Å². The number of anilines is 1. The first-order chi connectivity index (χ1) is 17.3. The van der Waals surface area contributed by atoms with Crippen LogP contribution in [0.2, 0.25) is 0 Å². The van der Waals surface area contributed by atoms with Crippen LogP contribution in [0.1, 0.15) is 35.7 Å². The molecule has 3 aliphatic carbocycles. The van der Waals surface area contributed by atoms with Crippen molar-refractivity contribution in [3.63, 3.8) is 0 Å². The van der Waals surface area contributed by atoms with Crippen LogP contribution in [0.3, 0.4) is 0 Å². The van der Waals surface area contributed by atoms with Crippen LogP contribution in [0.5, 0.6) is 5.75 Å². The Balaban J connectivity index is 1.78. The summed E-state index contributed by atoms with van der Waals surface area (Å²) in [6, 6.07) is 1.88. The van der Waals surface area contributed by atoms with E-state index in [1.165, 1.54) is 25.1 Å². The van der Waals surface area contributed by atoms with Crippen LogP contribution in [-0.4, -0.2) is 80.6 Å². The van der Waals surface area contributed by atoms with Gasteiger partial charge in [-0.1, -0.05) is 28.9 Å². The highest BCUT2D eigenvalue weighted by molar-refractivity contribution is 9.10. The number of alkyl halides is 1. The van der Waals surface area contributed by atoms with Gasteiger partial charge in [-0.25, -0.2) is 0 Å². The number of nitrogens with two attached hydrogens (primary N) is 1. The molecule has 2 amide bonds. The largest absolute Gasteiger partial charge is 0.505 e. The van der Waals surface area contributed by atoms with Gasteiger partial charge in [0, 0.05) is 5.92 Å². The molecule has 0 aromatic heterocycles. The molecule has 4 rings (SSSR count). The summed E-state index contributed by atoms with van der Waals surface area (Å²) in [6.45, 7) is 1.78. The highest BCUT2D eigenvalue weighted by Crippen LogP contribution is 2.51. The van der Waals surface area contributed by atoms with E-state index >= 15 is 0 Å². The fourth-order valence-corrected chi connectivity index (χ4v) is 6.19. The van der Waals surface area contributed by atoms with Crippen molar-refractivity contribution < 1.29 is 39.0 Å². The maximum atomic E-state index is 13.8. The van der Waals surface area contributed by atoms with Crippen molar-refractivity contribution >= 4 is 56.6 Å². The lowest BCUT2D eigenvalue weighted by Crippen LogP contribution is -2.74. The Morgan fingerprint density at radius 2 is 1.86 bits per heavy atom. The van der Waals surface area contributed by atoms with Gasteiger partial charge in [-0.15, -0.1) is 0 Å². The zero-order chi connectivity index (χ0) is 27.6. The van der Waals surface area contributed by atoms with Crippen molar-refractivity contribution in [1.29, 1.82) is 0 Å². The molecule has 0 bridgehead atoms. The van der Waals surface area contributed by atoms with Crippen LogP contribution in [0.15, 0.2) is 12.1 Å². The molecule has 7 atom stereocenters. The number of amides is 2. The van der Waals surface area contributed by atoms with Gasteiger partial charge in [0.15, 0.2) is 34.7 Å². The molecule has 3 aliphatic rings. The molecule has 12 heteroatoms. The number of aromatic hydroxyl groups is 1. The maximum Gasteiger partial charge on any atom is 0.238 e. The van der Waals surface area contributed by atoms with Gasteiger partial charge in [-0.3, -0.25) is 33.7 Å². The minimum atomic E-state index is -2.78. The first-order valence-electron chi connectivity index (χ1n) is 11.9. The van der Waals surface area contributed by atoms with Gasteiger partial charge in [0.25, 0.3) is 0 Å². The number of halogens is 1. The Kier molecular flexibility index (Phi) is 6.89. The molecule has 1 aromatic rings. The fraction of sp³-hybridized carbons (Fsp3) is 0.520. The highest BCUT2D eigenvalue weighted by Gasteiger charge is 2.69. The number of benzene rings is 1. The van der Waals surface area contributed by atoms with E-state index in [1.54, 1.807) is 13.0 Å². The summed E-state index contributed by atoms with van der Waals surface area (Å²) in [7, 11) is 3.05. The number of Topliss-reactive ketones (excluding diaryl/α,β-unsaturated/α-hetero) is 4. The molecular formula is C25H28BrN3O8. The second-order valence-corrected chi connectivity index (χ2v) is 11.3. The number of ketones is 4. The Hall–Kier alpha value is -2.96. The van der Waals surface area contributed by atoms with Gasteiger partial charge >= 0.3 is 0 Å².